The van der Waals surface area contributed by atoms with Crippen molar-refractivity contribution in [3.05, 3.63) is 41.5 Å². The van der Waals surface area contributed by atoms with Gasteiger partial charge in [-0.3, -0.25) is 9.59 Å². The summed E-state index contributed by atoms with van der Waals surface area (Å²) >= 11 is 0. The number of hydrogen-bond acceptors (Lipinski definition) is 4. The number of nitrogens with zero attached hydrogens (tertiary/aromatic N) is 3. The molecule has 0 fully saturated rings. The fraction of sp³-hybridized carbons (Fsp3) is 0.421. The quantitative estimate of drug-likeness (QED) is 0.913. The summed E-state index contributed by atoms with van der Waals surface area (Å²) in [5, 5.41) is 2.83. The van der Waals surface area contributed by atoms with E-state index < -0.39 is 0 Å². The fourth-order valence-electron chi connectivity index (χ4n) is 3.07. The SMILES string of the molecule is COc1cc(C(=O)N(C)C)ccc1NC(=O)c1cn2c(n1)CC(C)CC2. The lowest BCUT2D eigenvalue weighted by atomic mass is 10.0. The Morgan fingerprint density at radius 2 is 2.12 bits per heavy atom. The van der Waals surface area contributed by atoms with Crippen LogP contribution in [0.1, 0.15) is 40.0 Å². The third kappa shape index (κ3) is 3.56. The molecule has 0 spiro atoms. The maximum Gasteiger partial charge on any atom is 0.275 e. The molecule has 0 bridgehead atoms. The van der Waals surface area contributed by atoms with Crippen molar-refractivity contribution in [1.29, 1.82) is 0 Å². The van der Waals surface area contributed by atoms with Gasteiger partial charge in [0.25, 0.3) is 11.8 Å². The highest BCUT2D eigenvalue weighted by Crippen LogP contribution is 2.27. The number of ether oxygens (including phenoxy) is 1. The van der Waals surface area contributed by atoms with Crippen LogP contribution < -0.4 is 10.1 Å². The number of imidazole rings is 1. The number of benzene rings is 1. The van der Waals surface area contributed by atoms with Gasteiger partial charge in [0.05, 0.1) is 12.8 Å². The van der Waals surface area contributed by atoms with Crippen molar-refractivity contribution in [2.75, 3.05) is 26.5 Å². The van der Waals surface area contributed by atoms with Crippen molar-refractivity contribution >= 4 is 17.5 Å². The predicted octanol–water partition coefficient (Wildman–Crippen LogP) is 2.43. The molecule has 0 aliphatic carbocycles. The van der Waals surface area contributed by atoms with Crippen LogP contribution in [0, 0.1) is 5.92 Å². The van der Waals surface area contributed by atoms with E-state index in [-0.39, 0.29) is 11.8 Å². The predicted molar refractivity (Wildman–Crippen MR) is 98.7 cm³/mol. The van der Waals surface area contributed by atoms with Gasteiger partial charge in [0, 0.05) is 38.8 Å². The van der Waals surface area contributed by atoms with E-state index in [1.54, 1.807) is 38.5 Å². The number of carbonyl (C=O) groups is 2. The molecule has 7 heteroatoms. The summed E-state index contributed by atoms with van der Waals surface area (Å²) in [6, 6.07) is 4.96. The van der Waals surface area contributed by atoms with Crippen LogP contribution >= 0.6 is 0 Å². The van der Waals surface area contributed by atoms with Crippen LogP contribution in [0.15, 0.2) is 24.4 Å². The topological polar surface area (TPSA) is 76.5 Å². The van der Waals surface area contributed by atoms with Crippen LogP contribution in [-0.2, 0) is 13.0 Å². The molecule has 2 aromatic rings. The second-order valence-electron chi connectivity index (χ2n) is 6.90. The molecule has 0 saturated carbocycles. The first-order valence-electron chi connectivity index (χ1n) is 8.66. The van der Waals surface area contributed by atoms with Crippen molar-refractivity contribution < 1.29 is 14.3 Å². The van der Waals surface area contributed by atoms with Crippen LogP contribution in [0.2, 0.25) is 0 Å². The Hall–Kier alpha value is -2.83. The zero-order valence-corrected chi connectivity index (χ0v) is 15.6. The zero-order valence-electron chi connectivity index (χ0n) is 15.6. The molecule has 138 valence electrons. The van der Waals surface area contributed by atoms with Crippen molar-refractivity contribution in [2.24, 2.45) is 5.92 Å². The standard InChI is InChI=1S/C19H24N4O3/c1-12-7-8-23-11-15(20-17(23)9-12)18(24)21-14-6-5-13(10-16(14)26-4)19(25)22(2)3/h5-6,10-12H,7-9H2,1-4H3,(H,21,24). The van der Waals surface area contributed by atoms with Crippen molar-refractivity contribution in [1.82, 2.24) is 14.5 Å². The van der Waals surface area contributed by atoms with Crippen LogP contribution in [0.3, 0.4) is 0 Å². The zero-order chi connectivity index (χ0) is 18.8. The average Bonchev–Trinajstić information content (AvgIpc) is 3.04. The molecule has 1 aliphatic heterocycles. The number of aryl methyl sites for hydroxylation is 1. The Morgan fingerprint density at radius 1 is 1.35 bits per heavy atom. The minimum atomic E-state index is -0.287. The summed E-state index contributed by atoms with van der Waals surface area (Å²) in [6.07, 6.45) is 3.78. The second kappa shape index (κ2) is 7.19. The monoisotopic (exact) mass is 356 g/mol. The molecular weight excluding hydrogens is 332 g/mol. The Kier molecular flexibility index (Phi) is 4.97. The number of carbonyl (C=O) groups excluding carboxylic acids is 2. The summed E-state index contributed by atoms with van der Waals surface area (Å²) < 4.78 is 7.38. The molecule has 1 unspecified atom stereocenters. The molecular formula is C19H24N4O3. The number of anilines is 1. The third-order valence-electron chi connectivity index (χ3n) is 4.59. The molecule has 2 amide bonds. The largest absolute Gasteiger partial charge is 0.495 e. The van der Waals surface area contributed by atoms with Gasteiger partial charge >= 0.3 is 0 Å². The number of methoxy groups -OCH3 is 1. The summed E-state index contributed by atoms with van der Waals surface area (Å²) in [4.78, 5) is 30.6. The Balaban J connectivity index is 1.80. The normalized spacial score (nSPS) is 15.9. The fourth-order valence-corrected chi connectivity index (χ4v) is 3.07. The van der Waals surface area contributed by atoms with E-state index in [4.69, 9.17) is 4.74 Å². The Morgan fingerprint density at radius 3 is 2.81 bits per heavy atom. The van der Waals surface area contributed by atoms with E-state index in [0.717, 1.165) is 25.2 Å². The Labute approximate surface area is 153 Å². The van der Waals surface area contributed by atoms with Gasteiger partial charge in [-0.05, 0) is 30.5 Å². The van der Waals surface area contributed by atoms with Crippen LogP contribution in [-0.4, -0.2) is 47.5 Å². The van der Waals surface area contributed by atoms with Gasteiger partial charge < -0.3 is 19.5 Å². The van der Waals surface area contributed by atoms with Crippen LogP contribution in [0.25, 0.3) is 0 Å². The van der Waals surface area contributed by atoms with Crippen LogP contribution in [0.5, 0.6) is 5.75 Å². The molecule has 7 nitrogen and oxygen atoms in total. The molecule has 1 aliphatic rings. The second-order valence-corrected chi connectivity index (χ2v) is 6.90. The van der Waals surface area contributed by atoms with E-state index in [2.05, 4.69) is 17.2 Å². The minimum absolute atomic E-state index is 0.128. The molecule has 1 atom stereocenters. The lowest BCUT2D eigenvalue weighted by Gasteiger charge is -2.18. The molecule has 0 radical (unpaired) electrons. The summed E-state index contributed by atoms with van der Waals surface area (Å²) in [7, 11) is 4.88. The average molecular weight is 356 g/mol. The number of amides is 2. The first-order chi connectivity index (χ1) is 12.4. The van der Waals surface area contributed by atoms with Crippen molar-refractivity contribution in [2.45, 2.75) is 26.3 Å². The highest BCUT2D eigenvalue weighted by atomic mass is 16.5. The number of rotatable bonds is 4. The smallest absolute Gasteiger partial charge is 0.275 e. The highest BCUT2D eigenvalue weighted by molar-refractivity contribution is 6.04. The van der Waals surface area contributed by atoms with Gasteiger partial charge in [-0.2, -0.15) is 0 Å². The molecule has 1 aromatic heterocycles. The van der Waals surface area contributed by atoms with E-state index >= 15 is 0 Å². The maximum atomic E-state index is 12.6. The first kappa shape index (κ1) is 18.0. The summed E-state index contributed by atoms with van der Waals surface area (Å²) in [5.74, 6) is 1.56. The first-order valence-corrected chi connectivity index (χ1v) is 8.66. The third-order valence-corrected chi connectivity index (χ3v) is 4.59. The molecule has 1 N–H and O–H groups in total. The van der Waals surface area contributed by atoms with Crippen LogP contribution in [0.4, 0.5) is 5.69 Å². The van der Waals surface area contributed by atoms with E-state index in [9.17, 15) is 9.59 Å². The highest BCUT2D eigenvalue weighted by Gasteiger charge is 2.21. The van der Waals surface area contributed by atoms with E-state index in [0.29, 0.717) is 28.6 Å². The molecule has 2 heterocycles. The summed E-state index contributed by atoms with van der Waals surface area (Å²) in [6.45, 7) is 3.08. The van der Waals surface area contributed by atoms with Crippen molar-refractivity contribution in [3.63, 3.8) is 0 Å². The maximum absolute atomic E-state index is 12.6. The molecule has 0 saturated heterocycles. The number of hydrogen-bond donors (Lipinski definition) is 1. The number of aromatic nitrogens is 2. The Bertz CT molecular complexity index is 841. The number of fused-ring (bicyclic) bond motifs is 1. The van der Waals surface area contributed by atoms with E-state index in [1.165, 1.54) is 12.0 Å². The number of nitrogens with one attached hydrogen (secondary N) is 1. The molecule has 1 aromatic carbocycles. The lowest BCUT2D eigenvalue weighted by molar-refractivity contribution is 0.0827. The minimum Gasteiger partial charge on any atom is -0.495 e. The summed E-state index contributed by atoms with van der Waals surface area (Å²) in [5.41, 5.74) is 1.40. The van der Waals surface area contributed by atoms with Gasteiger partial charge in [0.2, 0.25) is 0 Å². The van der Waals surface area contributed by atoms with E-state index in [1.807, 2.05) is 4.57 Å². The molecule has 26 heavy (non-hydrogen) atoms. The van der Waals surface area contributed by atoms with Gasteiger partial charge in [-0.15, -0.1) is 0 Å². The van der Waals surface area contributed by atoms with Gasteiger partial charge in [0.1, 0.15) is 17.3 Å². The van der Waals surface area contributed by atoms with Gasteiger partial charge in [0.15, 0.2) is 0 Å². The molecule has 3 rings (SSSR count). The van der Waals surface area contributed by atoms with Crippen molar-refractivity contribution in [3.8, 4) is 5.75 Å². The van der Waals surface area contributed by atoms with Gasteiger partial charge in [-0.25, -0.2) is 4.98 Å². The van der Waals surface area contributed by atoms with Gasteiger partial charge in [-0.1, -0.05) is 6.92 Å². The lowest BCUT2D eigenvalue weighted by Crippen LogP contribution is -2.21.